The Hall–Kier alpha value is -1.78. The van der Waals surface area contributed by atoms with Crippen LogP contribution in [0.1, 0.15) is 23.5 Å². The van der Waals surface area contributed by atoms with E-state index in [9.17, 15) is 9.18 Å². The third-order valence-electron chi connectivity index (χ3n) is 5.57. The fraction of sp³-hybridized carbons (Fsp3) is 0.381. The summed E-state index contributed by atoms with van der Waals surface area (Å²) in [6, 6.07) is 10.6. The van der Waals surface area contributed by atoms with Gasteiger partial charge >= 0.3 is 0 Å². The Bertz CT molecular complexity index is 880. The molecule has 1 aliphatic heterocycles. The van der Waals surface area contributed by atoms with Crippen LogP contribution >= 0.6 is 23.2 Å². The highest BCUT2D eigenvalue weighted by atomic mass is 35.5. The van der Waals surface area contributed by atoms with Crippen molar-refractivity contribution in [1.29, 1.82) is 0 Å². The van der Waals surface area contributed by atoms with Crippen LogP contribution in [0.4, 0.5) is 10.1 Å². The molecule has 142 valence electrons. The van der Waals surface area contributed by atoms with Crippen molar-refractivity contribution in [2.24, 2.45) is 5.92 Å². The maximum absolute atomic E-state index is 14.1. The van der Waals surface area contributed by atoms with E-state index in [4.69, 9.17) is 23.2 Å². The molecule has 2 fully saturated rings. The van der Waals surface area contributed by atoms with Crippen molar-refractivity contribution in [3.8, 4) is 0 Å². The molecule has 0 N–H and O–H groups in total. The highest BCUT2D eigenvalue weighted by Crippen LogP contribution is 2.49. The minimum Gasteiger partial charge on any atom is -0.368 e. The van der Waals surface area contributed by atoms with Crippen LogP contribution in [0.25, 0.3) is 0 Å². The highest BCUT2D eigenvalue weighted by Gasteiger charge is 2.47. The van der Waals surface area contributed by atoms with Crippen molar-refractivity contribution < 1.29 is 9.18 Å². The average Bonchev–Trinajstić information content (AvgIpc) is 3.44. The first-order valence-corrected chi connectivity index (χ1v) is 9.94. The normalized spacial score (nSPS) is 22.1. The molecule has 2 aromatic rings. The molecule has 4 rings (SSSR count). The summed E-state index contributed by atoms with van der Waals surface area (Å²) < 4.78 is 14.1. The van der Waals surface area contributed by atoms with Crippen molar-refractivity contribution in [1.82, 2.24) is 4.90 Å². The Morgan fingerprint density at radius 2 is 1.70 bits per heavy atom. The summed E-state index contributed by atoms with van der Waals surface area (Å²) >= 11 is 12.0. The lowest BCUT2D eigenvalue weighted by Crippen LogP contribution is -2.49. The zero-order valence-electron chi connectivity index (χ0n) is 15.1. The summed E-state index contributed by atoms with van der Waals surface area (Å²) in [5, 5.41) is 1.10. The number of rotatable bonds is 3. The van der Waals surface area contributed by atoms with Gasteiger partial charge in [0.1, 0.15) is 5.82 Å². The molecular weight excluding hydrogens is 386 g/mol. The Morgan fingerprint density at radius 1 is 1.04 bits per heavy atom. The summed E-state index contributed by atoms with van der Waals surface area (Å²) in [6.45, 7) is 4.98. The summed E-state index contributed by atoms with van der Waals surface area (Å²) in [6.07, 6.45) is 0.713. The third-order valence-corrected chi connectivity index (χ3v) is 6.04. The second kappa shape index (κ2) is 7.33. The Labute approximate surface area is 168 Å². The van der Waals surface area contributed by atoms with E-state index in [1.54, 1.807) is 12.1 Å². The van der Waals surface area contributed by atoms with Crippen LogP contribution in [-0.2, 0) is 4.79 Å². The molecule has 1 saturated heterocycles. The van der Waals surface area contributed by atoms with Gasteiger partial charge in [0, 0.05) is 47.8 Å². The molecule has 0 bridgehead atoms. The summed E-state index contributed by atoms with van der Waals surface area (Å²) in [4.78, 5) is 17.0. The molecule has 6 heteroatoms. The molecule has 2 aromatic carbocycles. The van der Waals surface area contributed by atoms with Crippen LogP contribution in [-0.4, -0.2) is 37.0 Å². The first-order valence-electron chi connectivity index (χ1n) is 9.19. The minimum atomic E-state index is -0.316. The quantitative estimate of drug-likeness (QED) is 0.723. The lowest BCUT2D eigenvalue weighted by atomic mass is 10.1. The number of benzene rings is 2. The topological polar surface area (TPSA) is 23.6 Å². The smallest absolute Gasteiger partial charge is 0.226 e. The SMILES string of the molecule is Cc1ccc(Cl)cc1N1CCN(C(=O)C2C[C@H]2c2ccc(Cl)cc2F)CC1. The van der Waals surface area contributed by atoms with E-state index in [0.29, 0.717) is 30.1 Å². The predicted molar refractivity (Wildman–Crippen MR) is 107 cm³/mol. The first kappa shape index (κ1) is 18.6. The number of carbonyl (C=O) groups is 1. The van der Waals surface area contributed by atoms with Gasteiger partial charge < -0.3 is 9.80 Å². The predicted octanol–water partition coefficient (Wildman–Crippen LogP) is 4.89. The number of carbonyl (C=O) groups excluding carboxylic acids is 1. The lowest BCUT2D eigenvalue weighted by Gasteiger charge is -2.37. The maximum atomic E-state index is 14.1. The van der Waals surface area contributed by atoms with Crippen LogP contribution in [0.2, 0.25) is 10.0 Å². The molecule has 1 saturated carbocycles. The molecule has 27 heavy (non-hydrogen) atoms. The van der Waals surface area contributed by atoms with Crippen molar-refractivity contribution in [2.75, 3.05) is 31.1 Å². The molecular formula is C21H21Cl2FN2O. The number of anilines is 1. The monoisotopic (exact) mass is 406 g/mol. The van der Waals surface area contributed by atoms with E-state index in [1.165, 1.54) is 11.6 Å². The fourth-order valence-corrected chi connectivity index (χ4v) is 4.26. The molecule has 1 heterocycles. The van der Waals surface area contributed by atoms with Gasteiger partial charge in [-0.25, -0.2) is 4.39 Å². The fourth-order valence-electron chi connectivity index (χ4n) is 3.94. The van der Waals surface area contributed by atoms with Gasteiger partial charge in [-0.05, 0) is 54.7 Å². The number of hydrogen-bond acceptors (Lipinski definition) is 2. The second-order valence-corrected chi connectivity index (χ2v) is 8.23. The van der Waals surface area contributed by atoms with Crippen LogP contribution in [0.3, 0.4) is 0 Å². The maximum Gasteiger partial charge on any atom is 0.226 e. The van der Waals surface area contributed by atoms with Crippen LogP contribution in [0.15, 0.2) is 36.4 Å². The molecule has 2 atom stereocenters. The van der Waals surface area contributed by atoms with Crippen LogP contribution in [0, 0.1) is 18.7 Å². The molecule has 3 nitrogen and oxygen atoms in total. The van der Waals surface area contributed by atoms with Gasteiger partial charge in [0.05, 0.1) is 0 Å². The largest absolute Gasteiger partial charge is 0.368 e. The van der Waals surface area contributed by atoms with Gasteiger partial charge in [-0.15, -0.1) is 0 Å². The van der Waals surface area contributed by atoms with Gasteiger partial charge in [-0.1, -0.05) is 35.3 Å². The molecule has 1 unspecified atom stereocenters. The van der Waals surface area contributed by atoms with Crippen molar-refractivity contribution in [3.05, 3.63) is 63.4 Å². The standard InChI is InChI=1S/C21H21Cl2FN2O/c1-13-2-3-15(23)11-20(13)25-6-8-26(9-7-25)21(27)18-12-17(18)16-5-4-14(22)10-19(16)24/h2-5,10-11,17-18H,6-9,12H2,1H3/t17-,18?/m0/s1. The van der Waals surface area contributed by atoms with Crippen LogP contribution < -0.4 is 4.90 Å². The van der Waals surface area contributed by atoms with E-state index in [-0.39, 0.29) is 23.6 Å². The van der Waals surface area contributed by atoms with Gasteiger partial charge in [0.2, 0.25) is 5.91 Å². The summed E-state index contributed by atoms with van der Waals surface area (Å²) in [5.74, 6) is -0.316. The number of halogens is 3. The van der Waals surface area contributed by atoms with Crippen molar-refractivity contribution >= 4 is 34.8 Å². The van der Waals surface area contributed by atoms with E-state index in [0.717, 1.165) is 23.8 Å². The zero-order valence-corrected chi connectivity index (χ0v) is 16.6. The van der Waals surface area contributed by atoms with Crippen LogP contribution in [0.5, 0.6) is 0 Å². The van der Waals surface area contributed by atoms with E-state index < -0.39 is 0 Å². The van der Waals surface area contributed by atoms with Crippen molar-refractivity contribution in [3.63, 3.8) is 0 Å². The number of hydrogen-bond donors (Lipinski definition) is 0. The van der Waals surface area contributed by atoms with Gasteiger partial charge in [0.15, 0.2) is 0 Å². The second-order valence-electron chi connectivity index (χ2n) is 7.36. The Kier molecular flexibility index (Phi) is 5.04. The number of amides is 1. The zero-order chi connectivity index (χ0) is 19.1. The molecule has 0 aromatic heterocycles. The van der Waals surface area contributed by atoms with Crippen molar-refractivity contribution in [2.45, 2.75) is 19.3 Å². The molecule has 2 aliphatic rings. The minimum absolute atomic E-state index is 0.0250. The average molecular weight is 407 g/mol. The van der Waals surface area contributed by atoms with E-state index in [2.05, 4.69) is 11.8 Å². The van der Waals surface area contributed by atoms with Gasteiger partial charge in [-0.3, -0.25) is 4.79 Å². The molecule has 0 radical (unpaired) electrons. The summed E-state index contributed by atoms with van der Waals surface area (Å²) in [5.41, 5.74) is 2.91. The number of piperazine rings is 1. The summed E-state index contributed by atoms with van der Waals surface area (Å²) in [7, 11) is 0. The van der Waals surface area contributed by atoms with E-state index in [1.807, 2.05) is 23.1 Å². The Balaban J connectivity index is 1.38. The number of aryl methyl sites for hydroxylation is 1. The lowest BCUT2D eigenvalue weighted by molar-refractivity contribution is -0.132. The molecule has 1 aliphatic carbocycles. The molecule has 0 spiro atoms. The Morgan fingerprint density at radius 3 is 2.41 bits per heavy atom. The molecule has 1 amide bonds. The van der Waals surface area contributed by atoms with E-state index >= 15 is 0 Å². The highest BCUT2D eigenvalue weighted by molar-refractivity contribution is 6.31. The van der Waals surface area contributed by atoms with Gasteiger partial charge in [-0.2, -0.15) is 0 Å². The number of nitrogens with zero attached hydrogens (tertiary/aromatic N) is 2. The van der Waals surface area contributed by atoms with Gasteiger partial charge in [0.25, 0.3) is 0 Å². The third kappa shape index (κ3) is 3.78. The first-order chi connectivity index (χ1) is 12.9.